The molecule has 1 aliphatic rings. The lowest BCUT2D eigenvalue weighted by molar-refractivity contribution is -0.132. The Labute approximate surface area is 113 Å². The number of carbonyl (C=O) groups excluding carboxylic acids is 1. The molecule has 1 aliphatic heterocycles. The molecule has 2 heterocycles. The molecule has 0 aromatic carbocycles. The Balaban J connectivity index is 1.84. The van der Waals surface area contributed by atoms with E-state index in [1.165, 1.54) is 0 Å². The molecule has 6 heteroatoms. The Kier molecular flexibility index (Phi) is 4.29. The van der Waals surface area contributed by atoms with Crippen LogP contribution >= 0.6 is 12.6 Å². The van der Waals surface area contributed by atoms with E-state index in [0.29, 0.717) is 6.42 Å². The second-order valence-electron chi connectivity index (χ2n) is 4.71. The third-order valence-electron chi connectivity index (χ3n) is 3.30. The molecule has 0 N–H and O–H groups in total. The first-order valence-electron chi connectivity index (χ1n) is 6.24. The van der Waals surface area contributed by atoms with Crippen LogP contribution in [0.4, 0.5) is 0 Å². The zero-order valence-electron chi connectivity index (χ0n) is 10.9. The summed E-state index contributed by atoms with van der Waals surface area (Å²) in [6, 6.07) is 1.89. The van der Waals surface area contributed by atoms with E-state index in [2.05, 4.69) is 29.6 Å². The summed E-state index contributed by atoms with van der Waals surface area (Å²) in [6.45, 7) is 5.44. The number of aryl methyl sites for hydroxylation is 1. The molecule has 1 aromatic rings. The number of amides is 1. The van der Waals surface area contributed by atoms with Crippen LogP contribution in [0.3, 0.4) is 0 Å². The maximum atomic E-state index is 12.1. The van der Waals surface area contributed by atoms with Gasteiger partial charge in [-0.2, -0.15) is 17.7 Å². The third kappa shape index (κ3) is 3.26. The fourth-order valence-electron chi connectivity index (χ4n) is 2.17. The Morgan fingerprint density at radius 1 is 1.44 bits per heavy atom. The van der Waals surface area contributed by atoms with E-state index in [4.69, 9.17) is 0 Å². The molecule has 1 fully saturated rings. The minimum absolute atomic E-state index is 0.167. The van der Waals surface area contributed by atoms with Crippen LogP contribution in [-0.4, -0.2) is 57.0 Å². The average Bonchev–Trinajstić information content (AvgIpc) is 2.75. The van der Waals surface area contributed by atoms with E-state index >= 15 is 0 Å². The second kappa shape index (κ2) is 5.75. The molecular weight excluding hydrogens is 248 g/mol. The molecule has 0 aliphatic carbocycles. The number of rotatable bonds is 3. The molecule has 1 aromatic heterocycles. The van der Waals surface area contributed by atoms with Crippen molar-refractivity contribution in [1.29, 1.82) is 0 Å². The Morgan fingerprint density at radius 3 is 2.61 bits per heavy atom. The van der Waals surface area contributed by atoms with Crippen molar-refractivity contribution >= 4 is 18.5 Å². The van der Waals surface area contributed by atoms with Gasteiger partial charge in [-0.05, 0) is 13.0 Å². The second-order valence-corrected chi connectivity index (χ2v) is 5.45. The van der Waals surface area contributed by atoms with Gasteiger partial charge in [0.1, 0.15) is 0 Å². The van der Waals surface area contributed by atoms with Gasteiger partial charge in [-0.25, -0.2) is 0 Å². The molecule has 100 valence electrons. The quantitative estimate of drug-likeness (QED) is 0.806. The van der Waals surface area contributed by atoms with Gasteiger partial charge in [-0.15, -0.1) is 0 Å². The maximum Gasteiger partial charge on any atom is 0.228 e. The van der Waals surface area contributed by atoms with Gasteiger partial charge < -0.3 is 4.90 Å². The molecule has 2 rings (SSSR count). The SMILES string of the molecule is CC(S)N1CCN(C(=O)Cc2ccn(C)n2)CC1. The minimum Gasteiger partial charge on any atom is -0.340 e. The highest BCUT2D eigenvalue weighted by atomic mass is 32.1. The van der Waals surface area contributed by atoms with E-state index in [1.54, 1.807) is 4.68 Å². The van der Waals surface area contributed by atoms with Crippen LogP contribution in [0.1, 0.15) is 12.6 Å². The number of aromatic nitrogens is 2. The smallest absolute Gasteiger partial charge is 0.228 e. The van der Waals surface area contributed by atoms with Gasteiger partial charge in [-0.1, -0.05) is 0 Å². The summed E-state index contributed by atoms with van der Waals surface area (Å²) in [5, 5.41) is 4.50. The number of nitrogens with zero attached hydrogens (tertiary/aromatic N) is 4. The largest absolute Gasteiger partial charge is 0.340 e. The number of thiol groups is 1. The fourth-order valence-corrected chi connectivity index (χ4v) is 2.40. The highest BCUT2D eigenvalue weighted by Gasteiger charge is 2.22. The van der Waals surface area contributed by atoms with E-state index in [9.17, 15) is 4.79 Å². The molecule has 1 amide bonds. The molecule has 5 nitrogen and oxygen atoms in total. The molecular formula is C12H20N4OS. The van der Waals surface area contributed by atoms with E-state index in [0.717, 1.165) is 31.9 Å². The zero-order chi connectivity index (χ0) is 13.1. The van der Waals surface area contributed by atoms with Gasteiger partial charge in [0, 0.05) is 39.4 Å². The number of carbonyl (C=O) groups is 1. The van der Waals surface area contributed by atoms with Crippen molar-refractivity contribution < 1.29 is 4.79 Å². The van der Waals surface area contributed by atoms with Crippen LogP contribution in [0.15, 0.2) is 12.3 Å². The lowest BCUT2D eigenvalue weighted by Gasteiger charge is -2.36. The summed E-state index contributed by atoms with van der Waals surface area (Å²) in [5.74, 6) is 0.167. The lowest BCUT2D eigenvalue weighted by atomic mass is 10.2. The van der Waals surface area contributed by atoms with Crippen molar-refractivity contribution in [3.8, 4) is 0 Å². The van der Waals surface area contributed by atoms with Gasteiger partial charge in [0.25, 0.3) is 0 Å². The first kappa shape index (κ1) is 13.4. The summed E-state index contributed by atoms with van der Waals surface area (Å²) in [4.78, 5) is 16.3. The highest BCUT2D eigenvalue weighted by molar-refractivity contribution is 7.80. The Morgan fingerprint density at radius 2 is 2.11 bits per heavy atom. The van der Waals surface area contributed by atoms with Gasteiger partial charge in [0.05, 0.1) is 17.5 Å². The third-order valence-corrected chi connectivity index (χ3v) is 3.62. The van der Waals surface area contributed by atoms with Crippen LogP contribution in [0.5, 0.6) is 0 Å². The van der Waals surface area contributed by atoms with E-state index < -0.39 is 0 Å². The topological polar surface area (TPSA) is 41.4 Å². The van der Waals surface area contributed by atoms with Crippen LogP contribution in [0.2, 0.25) is 0 Å². The fraction of sp³-hybridized carbons (Fsp3) is 0.667. The highest BCUT2D eigenvalue weighted by Crippen LogP contribution is 2.10. The van der Waals surface area contributed by atoms with Crippen LogP contribution in [0, 0.1) is 0 Å². The minimum atomic E-state index is 0.167. The number of hydrogen-bond acceptors (Lipinski definition) is 4. The Bertz CT molecular complexity index is 410. The number of piperazine rings is 1. The van der Waals surface area contributed by atoms with Crippen molar-refractivity contribution in [2.75, 3.05) is 26.2 Å². The molecule has 0 spiro atoms. The van der Waals surface area contributed by atoms with Gasteiger partial charge in [0.15, 0.2) is 0 Å². The molecule has 1 unspecified atom stereocenters. The Hall–Kier alpha value is -1.01. The van der Waals surface area contributed by atoms with Crippen LogP contribution < -0.4 is 0 Å². The van der Waals surface area contributed by atoms with Crippen molar-refractivity contribution in [2.24, 2.45) is 7.05 Å². The summed E-state index contributed by atoms with van der Waals surface area (Å²) in [7, 11) is 1.86. The predicted molar refractivity (Wildman–Crippen MR) is 73.5 cm³/mol. The first-order valence-corrected chi connectivity index (χ1v) is 6.76. The van der Waals surface area contributed by atoms with Gasteiger partial charge >= 0.3 is 0 Å². The van der Waals surface area contributed by atoms with Crippen molar-refractivity contribution in [3.63, 3.8) is 0 Å². The molecule has 1 atom stereocenters. The molecule has 1 saturated heterocycles. The summed E-state index contributed by atoms with van der Waals surface area (Å²) in [6.07, 6.45) is 2.26. The zero-order valence-corrected chi connectivity index (χ0v) is 11.8. The summed E-state index contributed by atoms with van der Waals surface area (Å²) >= 11 is 4.42. The standard InChI is InChI=1S/C12H20N4OS/c1-10(18)15-5-7-16(8-6-15)12(17)9-11-3-4-14(2)13-11/h3-4,10,18H,5-9H2,1-2H3. The van der Waals surface area contributed by atoms with Crippen LogP contribution in [-0.2, 0) is 18.3 Å². The van der Waals surface area contributed by atoms with Crippen LogP contribution in [0.25, 0.3) is 0 Å². The van der Waals surface area contributed by atoms with Gasteiger partial charge in [-0.3, -0.25) is 14.4 Å². The summed E-state index contributed by atoms with van der Waals surface area (Å²) < 4.78 is 1.73. The first-order chi connectivity index (χ1) is 8.56. The van der Waals surface area contributed by atoms with Gasteiger partial charge in [0.2, 0.25) is 5.91 Å². The predicted octanol–water partition coefficient (Wildman–Crippen LogP) is 0.383. The normalized spacial score (nSPS) is 18.9. The average molecular weight is 268 g/mol. The molecule has 0 saturated carbocycles. The van der Waals surface area contributed by atoms with E-state index in [1.807, 2.05) is 24.2 Å². The maximum absolute atomic E-state index is 12.1. The number of hydrogen-bond donors (Lipinski definition) is 1. The van der Waals surface area contributed by atoms with Crippen molar-refractivity contribution in [3.05, 3.63) is 18.0 Å². The van der Waals surface area contributed by atoms with Crippen molar-refractivity contribution in [2.45, 2.75) is 18.7 Å². The molecule has 18 heavy (non-hydrogen) atoms. The van der Waals surface area contributed by atoms with E-state index in [-0.39, 0.29) is 11.3 Å². The monoisotopic (exact) mass is 268 g/mol. The lowest BCUT2D eigenvalue weighted by Crippen LogP contribution is -2.50. The molecule has 0 bridgehead atoms. The molecule has 0 radical (unpaired) electrons. The summed E-state index contributed by atoms with van der Waals surface area (Å²) in [5.41, 5.74) is 0.840. The van der Waals surface area contributed by atoms with Crippen molar-refractivity contribution in [1.82, 2.24) is 19.6 Å².